The van der Waals surface area contributed by atoms with Crippen LogP contribution in [-0.4, -0.2) is 62.6 Å². The lowest BCUT2D eigenvalue weighted by atomic mass is 9.90. The van der Waals surface area contributed by atoms with Gasteiger partial charge in [-0.15, -0.1) is 0 Å². The minimum Gasteiger partial charge on any atom is -0.484 e. The number of carbonyl (C=O) groups excluding carboxylic acids is 1. The van der Waals surface area contributed by atoms with E-state index in [1.54, 1.807) is 6.07 Å². The van der Waals surface area contributed by atoms with Crippen molar-refractivity contribution in [2.75, 3.05) is 29.9 Å². The number of amides is 1. The summed E-state index contributed by atoms with van der Waals surface area (Å²) in [7, 11) is 0. The van der Waals surface area contributed by atoms with Gasteiger partial charge in [0.15, 0.2) is 6.61 Å². The molecule has 1 amide bonds. The average molecular weight is 570 g/mol. The van der Waals surface area contributed by atoms with Crippen LogP contribution in [0.3, 0.4) is 0 Å². The minimum absolute atomic E-state index is 0.0347. The van der Waals surface area contributed by atoms with Gasteiger partial charge in [0.2, 0.25) is 5.95 Å². The van der Waals surface area contributed by atoms with Gasteiger partial charge in [0.05, 0.1) is 16.9 Å². The van der Waals surface area contributed by atoms with E-state index >= 15 is 0 Å². The van der Waals surface area contributed by atoms with Crippen molar-refractivity contribution in [2.24, 2.45) is 0 Å². The van der Waals surface area contributed by atoms with E-state index in [4.69, 9.17) is 14.7 Å². The molecule has 2 aromatic carbocycles. The fourth-order valence-corrected chi connectivity index (χ4v) is 5.14. The molecule has 11 heteroatoms. The van der Waals surface area contributed by atoms with Crippen LogP contribution < -0.4 is 20.3 Å². The van der Waals surface area contributed by atoms with Crippen LogP contribution >= 0.6 is 0 Å². The molecule has 2 aromatic heterocycles. The molecule has 1 aliphatic heterocycles. The number of nitrogens with zero attached hydrogens (tertiary/aromatic N) is 5. The Hall–Kier alpha value is -4.67. The van der Waals surface area contributed by atoms with E-state index < -0.39 is 6.09 Å². The number of fused-ring (bicyclic) bond motifs is 1. The summed E-state index contributed by atoms with van der Waals surface area (Å²) >= 11 is 0. The van der Waals surface area contributed by atoms with Crippen LogP contribution in [0.2, 0.25) is 0 Å². The van der Waals surface area contributed by atoms with Crippen LogP contribution in [0.15, 0.2) is 48.5 Å². The van der Waals surface area contributed by atoms with Gasteiger partial charge in [-0.25, -0.2) is 9.78 Å². The van der Waals surface area contributed by atoms with E-state index in [9.17, 15) is 14.7 Å². The van der Waals surface area contributed by atoms with Gasteiger partial charge in [0.1, 0.15) is 11.6 Å². The Kier molecular flexibility index (Phi) is 7.17. The monoisotopic (exact) mass is 569 g/mol. The van der Waals surface area contributed by atoms with Gasteiger partial charge in [-0.2, -0.15) is 14.8 Å². The normalized spacial score (nSPS) is 15.2. The zero-order chi connectivity index (χ0) is 29.4. The topological polar surface area (TPSA) is 134 Å². The highest BCUT2D eigenvalue weighted by Gasteiger charge is 2.25. The number of hydrogen-bond acceptors (Lipinski definition) is 8. The van der Waals surface area contributed by atoms with Gasteiger partial charge in [-0.3, -0.25) is 4.79 Å². The second-order valence-corrected chi connectivity index (χ2v) is 11.9. The van der Waals surface area contributed by atoms with E-state index in [1.165, 1.54) is 0 Å². The Bertz CT molecular complexity index is 1650. The largest absolute Gasteiger partial charge is 0.484 e. The molecular weight excluding hydrogens is 534 g/mol. The van der Waals surface area contributed by atoms with E-state index in [2.05, 4.69) is 20.6 Å². The number of aromatic nitrogens is 4. The van der Waals surface area contributed by atoms with Gasteiger partial charge in [-0.05, 0) is 56.0 Å². The number of rotatable bonds is 8. The van der Waals surface area contributed by atoms with Crippen LogP contribution in [-0.2, 0) is 10.2 Å². The average Bonchev–Trinajstić information content (AvgIpc) is 3.43. The maximum Gasteiger partial charge on any atom is 0.432 e. The standard InChI is InChI=1S/C31H35N7O4/c1-31(2,3)28-23-16-21(11-12-25(23)38(36-28)30(40)41)32-26-17-24(34-29(35-26)37-13-4-5-14-37)19-7-6-8-22(15-19)42-18-27(39)33-20-9-10-20/h6-8,11-12,15-17,20H,4-5,9-10,13-14,18H2,1-3H3,(H,33,39)(H,40,41)(H,32,34,35). The smallest absolute Gasteiger partial charge is 0.432 e. The van der Waals surface area contributed by atoms with E-state index in [1.807, 2.05) is 63.2 Å². The van der Waals surface area contributed by atoms with Crippen molar-refractivity contribution in [3.8, 4) is 17.0 Å². The van der Waals surface area contributed by atoms with Crippen LogP contribution in [0.25, 0.3) is 22.2 Å². The quantitative estimate of drug-likeness (QED) is 0.258. The molecule has 3 N–H and O–H groups in total. The lowest BCUT2D eigenvalue weighted by Crippen LogP contribution is -2.30. The minimum atomic E-state index is -1.12. The number of anilines is 3. The summed E-state index contributed by atoms with van der Waals surface area (Å²) in [4.78, 5) is 35.9. The van der Waals surface area contributed by atoms with Gasteiger partial charge in [0, 0.05) is 47.2 Å². The first-order chi connectivity index (χ1) is 20.1. The maximum atomic E-state index is 12.1. The molecule has 0 radical (unpaired) electrons. The molecule has 0 unspecified atom stereocenters. The van der Waals surface area contributed by atoms with Crippen LogP contribution in [0.5, 0.6) is 5.75 Å². The summed E-state index contributed by atoms with van der Waals surface area (Å²) in [6.45, 7) is 7.77. The van der Waals surface area contributed by atoms with Crippen molar-refractivity contribution < 1.29 is 19.4 Å². The van der Waals surface area contributed by atoms with Crippen molar-refractivity contribution in [3.05, 3.63) is 54.2 Å². The number of carboxylic acid groups (broad SMARTS) is 1. The first kappa shape index (κ1) is 27.5. The first-order valence-corrected chi connectivity index (χ1v) is 14.3. The predicted molar refractivity (Wildman–Crippen MR) is 161 cm³/mol. The highest BCUT2D eigenvalue weighted by molar-refractivity contribution is 5.92. The molecule has 2 fully saturated rings. The molecule has 0 atom stereocenters. The summed E-state index contributed by atoms with van der Waals surface area (Å²) in [5.41, 5.74) is 3.20. The van der Waals surface area contributed by atoms with Crippen LogP contribution in [0.4, 0.5) is 22.2 Å². The fourth-order valence-electron chi connectivity index (χ4n) is 5.14. The molecule has 6 rings (SSSR count). The number of carbonyl (C=O) groups is 2. The van der Waals surface area contributed by atoms with Crippen molar-refractivity contribution in [1.82, 2.24) is 25.1 Å². The lowest BCUT2D eigenvalue weighted by molar-refractivity contribution is -0.123. The lowest BCUT2D eigenvalue weighted by Gasteiger charge is -2.18. The van der Waals surface area contributed by atoms with E-state index in [0.717, 1.165) is 65.8 Å². The second kappa shape index (κ2) is 11.0. The molecule has 1 saturated heterocycles. The number of benzene rings is 2. The molecule has 11 nitrogen and oxygen atoms in total. The van der Waals surface area contributed by atoms with E-state index in [-0.39, 0.29) is 24.0 Å². The maximum absolute atomic E-state index is 12.1. The van der Waals surface area contributed by atoms with Gasteiger partial charge >= 0.3 is 6.09 Å². The zero-order valence-corrected chi connectivity index (χ0v) is 24.1. The van der Waals surface area contributed by atoms with Crippen LogP contribution in [0, 0.1) is 0 Å². The predicted octanol–water partition coefficient (Wildman–Crippen LogP) is 5.32. The van der Waals surface area contributed by atoms with Gasteiger partial charge in [0.25, 0.3) is 5.91 Å². The summed E-state index contributed by atoms with van der Waals surface area (Å²) in [5, 5.41) is 21.2. The number of nitrogens with one attached hydrogen (secondary N) is 2. The molecule has 4 aromatic rings. The third-order valence-electron chi connectivity index (χ3n) is 7.39. The molecular formula is C31H35N7O4. The molecule has 0 bridgehead atoms. The molecule has 1 saturated carbocycles. The SMILES string of the molecule is CC(C)(C)c1nn(C(=O)O)c2ccc(Nc3cc(-c4cccc(OCC(=O)NC5CC5)c4)nc(N4CCCC4)n3)cc12. The van der Waals surface area contributed by atoms with Gasteiger partial charge < -0.3 is 25.4 Å². The molecule has 218 valence electrons. The molecule has 2 aliphatic rings. The fraction of sp³-hybridized carbons (Fsp3) is 0.387. The number of ether oxygens (including phenoxy) is 1. The van der Waals surface area contributed by atoms with Crippen molar-refractivity contribution >= 4 is 40.4 Å². The Balaban J connectivity index is 1.32. The Morgan fingerprint density at radius 2 is 1.83 bits per heavy atom. The Morgan fingerprint density at radius 3 is 2.55 bits per heavy atom. The third-order valence-corrected chi connectivity index (χ3v) is 7.39. The highest BCUT2D eigenvalue weighted by Crippen LogP contribution is 2.33. The van der Waals surface area contributed by atoms with Crippen molar-refractivity contribution in [3.63, 3.8) is 0 Å². The van der Waals surface area contributed by atoms with Gasteiger partial charge in [-0.1, -0.05) is 32.9 Å². The molecule has 1 aliphatic carbocycles. The Labute approximate surface area is 243 Å². The number of hydrogen-bond donors (Lipinski definition) is 3. The summed E-state index contributed by atoms with van der Waals surface area (Å²) in [6.07, 6.45) is 3.11. The Morgan fingerprint density at radius 1 is 1.05 bits per heavy atom. The third kappa shape index (κ3) is 6.00. The van der Waals surface area contributed by atoms with Crippen LogP contribution in [0.1, 0.15) is 52.1 Å². The molecule has 3 heterocycles. The van der Waals surface area contributed by atoms with Crippen molar-refractivity contribution in [1.29, 1.82) is 0 Å². The summed E-state index contributed by atoms with van der Waals surface area (Å²) in [6, 6.07) is 15.2. The van der Waals surface area contributed by atoms with Crippen molar-refractivity contribution in [2.45, 2.75) is 57.9 Å². The van der Waals surface area contributed by atoms with E-state index in [0.29, 0.717) is 28.7 Å². The summed E-state index contributed by atoms with van der Waals surface area (Å²) in [5.74, 6) is 1.72. The summed E-state index contributed by atoms with van der Waals surface area (Å²) < 4.78 is 6.81. The molecule has 42 heavy (non-hydrogen) atoms. The second-order valence-electron chi connectivity index (χ2n) is 11.9. The first-order valence-electron chi connectivity index (χ1n) is 14.3. The molecule has 0 spiro atoms. The highest BCUT2D eigenvalue weighted by atomic mass is 16.5. The zero-order valence-electron chi connectivity index (χ0n) is 24.1.